The SMILES string of the molecule is CN1CS2(CCCNC2)C1. The zero-order valence-electron chi connectivity index (χ0n) is 6.60. The van der Waals surface area contributed by atoms with Crippen LogP contribution >= 0.6 is 10.0 Å². The van der Waals surface area contributed by atoms with Gasteiger partial charge in [-0.25, -0.2) is 10.0 Å². The minimum Gasteiger partial charge on any atom is -0.309 e. The van der Waals surface area contributed by atoms with E-state index in [0.29, 0.717) is 0 Å². The van der Waals surface area contributed by atoms with E-state index in [4.69, 9.17) is 0 Å². The van der Waals surface area contributed by atoms with Crippen LogP contribution in [-0.4, -0.2) is 41.9 Å². The van der Waals surface area contributed by atoms with Crippen LogP contribution in [0.15, 0.2) is 0 Å². The van der Waals surface area contributed by atoms with Gasteiger partial charge in [-0.1, -0.05) is 0 Å². The molecule has 0 atom stereocenters. The lowest BCUT2D eigenvalue weighted by atomic mass is 10.5. The second-order valence-electron chi connectivity index (χ2n) is 3.54. The molecule has 0 aromatic rings. The van der Waals surface area contributed by atoms with Gasteiger partial charge in [-0.3, -0.25) is 4.90 Å². The van der Waals surface area contributed by atoms with E-state index in [1.807, 2.05) is 0 Å². The standard InChI is InChI=1S/C7H16N2S/c1-9-6-10(7-9)4-2-3-8-5-10/h8H,2-7H2,1H3. The fourth-order valence-corrected chi connectivity index (χ4v) is 5.70. The second kappa shape index (κ2) is 2.40. The Balaban J connectivity index is 1.90. The molecule has 0 aromatic heterocycles. The van der Waals surface area contributed by atoms with E-state index in [9.17, 15) is 0 Å². The van der Waals surface area contributed by atoms with Gasteiger partial charge in [0.05, 0.1) is 0 Å². The van der Waals surface area contributed by atoms with Crippen LogP contribution in [0.2, 0.25) is 0 Å². The summed E-state index contributed by atoms with van der Waals surface area (Å²) < 4.78 is 0. The molecule has 2 aliphatic rings. The van der Waals surface area contributed by atoms with Crippen LogP contribution in [-0.2, 0) is 0 Å². The Morgan fingerprint density at radius 3 is 2.70 bits per heavy atom. The van der Waals surface area contributed by atoms with Crippen LogP contribution in [0.3, 0.4) is 0 Å². The molecule has 10 heavy (non-hydrogen) atoms. The number of rotatable bonds is 0. The molecule has 2 saturated heterocycles. The Kier molecular flexibility index (Phi) is 1.66. The summed E-state index contributed by atoms with van der Waals surface area (Å²) >= 11 is 0. The Morgan fingerprint density at radius 1 is 1.40 bits per heavy atom. The zero-order chi connectivity index (χ0) is 7.03. The summed E-state index contributed by atoms with van der Waals surface area (Å²) in [7, 11) is 2.10. The molecule has 0 bridgehead atoms. The molecule has 0 aromatic carbocycles. The third-order valence-electron chi connectivity index (χ3n) is 2.33. The van der Waals surface area contributed by atoms with Crippen LogP contribution in [0.25, 0.3) is 0 Å². The molecule has 0 aliphatic carbocycles. The van der Waals surface area contributed by atoms with Crippen molar-refractivity contribution in [3.05, 3.63) is 0 Å². The van der Waals surface area contributed by atoms with Crippen molar-refractivity contribution in [2.24, 2.45) is 0 Å². The number of nitrogens with zero attached hydrogens (tertiary/aromatic N) is 1. The summed E-state index contributed by atoms with van der Waals surface area (Å²) in [5.41, 5.74) is 0. The van der Waals surface area contributed by atoms with Gasteiger partial charge in [0.15, 0.2) is 0 Å². The Morgan fingerprint density at radius 2 is 2.20 bits per heavy atom. The first kappa shape index (κ1) is 6.95. The first-order valence-electron chi connectivity index (χ1n) is 3.94. The Labute approximate surface area is 64.3 Å². The monoisotopic (exact) mass is 160 g/mol. The fraction of sp³-hybridized carbons (Fsp3) is 1.00. The van der Waals surface area contributed by atoms with Crippen molar-refractivity contribution in [3.8, 4) is 0 Å². The first-order valence-corrected chi connectivity index (χ1v) is 6.25. The van der Waals surface area contributed by atoms with Crippen LogP contribution in [0.4, 0.5) is 0 Å². The molecule has 60 valence electrons. The van der Waals surface area contributed by atoms with Gasteiger partial charge >= 0.3 is 0 Å². The van der Waals surface area contributed by atoms with Crippen molar-refractivity contribution in [2.45, 2.75) is 6.42 Å². The highest BCUT2D eigenvalue weighted by Gasteiger charge is 2.36. The highest BCUT2D eigenvalue weighted by atomic mass is 32.3. The number of hydrogen-bond acceptors (Lipinski definition) is 2. The minimum absolute atomic E-state index is 0.132. The largest absolute Gasteiger partial charge is 0.309 e. The molecular weight excluding hydrogens is 144 g/mol. The molecule has 0 amide bonds. The van der Waals surface area contributed by atoms with Gasteiger partial charge in [0, 0.05) is 17.6 Å². The molecule has 1 spiro atoms. The fourth-order valence-electron chi connectivity index (χ4n) is 1.98. The molecule has 0 unspecified atom stereocenters. The van der Waals surface area contributed by atoms with Crippen LogP contribution < -0.4 is 5.32 Å². The minimum atomic E-state index is -0.132. The van der Waals surface area contributed by atoms with Crippen molar-refractivity contribution in [2.75, 3.05) is 37.0 Å². The average Bonchev–Trinajstić information content (AvgIpc) is 1.87. The van der Waals surface area contributed by atoms with Gasteiger partial charge in [-0.2, -0.15) is 0 Å². The van der Waals surface area contributed by atoms with Crippen molar-refractivity contribution >= 4 is 10.0 Å². The lowest BCUT2D eigenvalue weighted by Gasteiger charge is -2.55. The third kappa shape index (κ3) is 1.06. The van der Waals surface area contributed by atoms with Gasteiger partial charge in [-0.15, -0.1) is 0 Å². The van der Waals surface area contributed by atoms with E-state index >= 15 is 0 Å². The van der Waals surface area contributed by atoms with Gasteiger partial charge in [0.2, 0.25) is 0 Å². The Bertz CT molecular complexity index is 116. The molecule has 2 nitrogen and oxygen atoms in total. The predicted octanol–water partition coefficient (Wildman–Crippen LogP) is 0.602. The maximum atomic E-state index is 3.51. The molecule has 2 rings (SSSR count). The molecule has 2 heterocycles. The van der Waals surface area contributed by atoms with Gasteiger partial charge in [0.1, 0.15) is 0 Å². The second-order valence-corrected chi connectivity index (χ2v) is 7.20. The quantitative estimate of drug-likeness (QED) is 0.558. The van der Waals surface area contributed by atoms with Crippen LogP contribution in [0, 0.1) is 0 Å². The third-order valence-corrected chi connectivity index (χ3v) is 6.28. The highest BCUT2D eigenvalue weighted by molar-refractivity contribution is 8.34. The van der Waals surface area contributed by atoms with E-state index in [2.05, 4.69) is 17.3 Å². The molecular formula is C7H16N2S. The highest BCUT2D eigenvalue weighted by Crippen LogP contribution is 2.56. The number of hydrogen-bond donors (Lipinski definition) is 1. The van der Waals surface area contributed by atoms with E-state index in [-0.39, 0.29) is 10.0 Å². The van der Waals surface area contributed by atoms with Crippen LogP contribution in [0.1, 0.15) is 6.42 Å². The van der Waals surface area contributed by atoms with Crippen molar-refractivity contribution in [1.29, 1.82) is 0 Å². The molecule has 1 N–H and O–H groups in total. The summed E-state index contributed by atoms with van der Waals surface area (Å²) in [5, 5.41) is 3.51. The lowest BCUT2D eigenvalue weighted by molar-refractivity contribution is 0.411. The molecule has 2 aliphatic heterocycles. The summed E-state index contributed by atoms with van der Waals surface area (Å²) in [6.07, 6.45) is 1.42. The summed E-state index contributed by atoms with van der Waals surface area (Å²) in [4.78, 5) is 2.45. The van der Waals surface area contributed by atoms with E-state index in [0.717, 1.165) is 0 Å². The van der Waals surface area contributed by atoms with Crippen molar-refractivity contribution in [1.82, 2.24) is 10.2 Å². The van der Waals surface area contributed by atoms with Crippen molar-refractivity contribution < 1.29 is 0 Å². The smallest absolute Gasteiger partial charge is 0.0315 e. The normalized spacial score (nSPS) is 35.3. The van der Waals surface area contributed by atoms with E-state index in [1.165, 1.54) is 36.3 Å². The molecule has 2 fully saturated rings. The average molecular weight is 160 g/mol. The van der Waals surface area contributed by atoms with Gasteiger partial charge < -0.3 is 5.32 Å². The van der Waals surface area contributed by atoms with E-state index < -0.39 is 0 Å². The van der Waals surface area contributed by atoms with Crippen molar-refractivity contribution in [3.63, 3.8) is 0 Å². The summed E-state index contributed by atoms with van der Waals surface area (Å²) in [6, 6.07) is 0. The summed E-state index contributed by atoms with van der Waals surface area (Å²) in [5.74, 6) is 5.68. The number of nitrogens with one attached hydrogen (secondary N) is 1. The van der Waals surface area contributed by atoms with Gasteiger partial charge in [-0.05, 0) is 25.8 Å². The first-order chi connectivity index (χ1) is 4.81. The van der Waals surface area contributed by atoms with E-state index in [1.54, 1.807) is 0 Å². The maximum Gasteiger partial charge on any atom is 0.0315 e. The van der Waals surface area contributed by atoms with Crippen LogP contribution in [0.5, 0.6) is 0 Å². The lowest BCUT2D eigenvalue weighted by Crippen LogP contribution is -2.49. The topological polar surface area (TPSA) is 15.3 Å². The molecule has 0 radical (unpaired) electrons. The summed E-state index contributed by atoms with van der Waals surface area (Å²) in [6.45, 7) is 1.26. The molecule has 0 saturated carbocycles. The zero-order valence-corrected chi connectivity index (χ0v) is 7.41. The van der Waals surface area contributed by atoms with Gasteiger partial charge in [0.25, 0.3) is 0 Å². The molecule has 3 heteroatoms. The Hall–Kier alpha value is 0.270. The maximum absolute atomic E-state index is 3.51. The predicted molar refractivity (Wildman–Crippen MR) is 47.4 cm³/mol.